The Morgan fingerprint density at radius 1 is 1.03 bits per heavy atom. The fraction of sp³-hybridized carbons (Fsp3) is 0.350. The van der Waals surface area contributed by atoms with Gasteiger partial charge in [0.2, 0.25) is 17.7 Å². The number of rotatable bonds is 7. The Kier molecular flexibility index (Phi) is 6.06. The molecule has 1 aromatic rings. The molecule has 0 bridgehead atoms. The minimum Gasteiger partial charge on any atom is -0.456 e. The van der Waals surface area contributed by atoms with Gasteiger partial charge in [-0.25, -0.2) is 0 Å². The molecule has 2 atom stereocenters. The molecule has 29 heavy (non-hydrogen) atoms. The van der Waals surface area contributed by atoms with E-state index in [1.54, 1.807) is 0 Å². The molecule has 1 fully saturated rings. The summed E-state index contributed by atoms with van der Waals surface area (Å²) in [7, 11) is 0. The molecule has 9 heteroatoms. The standard InChI is InChI=1S/C20H21N3O6/c21-18(26)12-5-7-13(8-6-12)22-16(24)11-29-17(25)9-10-23-19(27)14-3-1-2-4-15(14)20(23)28/h1-2,5-8,14-15H,3-4,9-11H2,(H2,21,26)(H,22,24)/t14-,15-/m1/s1. The first-order valence-electron chi connectivity index (χ1n) is 9.22. The van der Waals surface area contributed by atoms with E-state index in [1.165, 1.54) is 24.3 Å². The zero-order valence-electron chi connectivity index (χ0n) is 15.6. The van der Waals surface area contributed by atoms with Crippen molar-refractivity contribution in [2.45, 2.75) is 19.3 Å². The Hall–Kier alpha value is -3.49. The van der Waals surface area contributed by atoms with E-state index < -0.39 is 24.4 Å². The molecule has 1 heterocycles. The predicted molar refractivity (Wildman–Crippen MR) is 101 cm³/mol. The topological polar surface area (TPSA) is 136 Å². The number of benzene rings is 1. The van der Waals surface area contributed by atoms with Gasteiger partial charge in [0.25, 0.3) is 5.91 Å². The van der Waals surface area contributed by atoms with Crippen LogP contribution in [-0.2, 0) is 23.9 Å². The van der Waals surface area contributed by atoms with Gasteiger partial charge in [-0.2, -0.15) is 0 Å². The molecule has 1 aromatic carbocycles. The summed E-state index contributed by atoms with van der Waals surface area (Å²) >= 11 is 0. The van der Waals surface area contributed by atoms with Gasteiger partial charge < -0.3 is 15.8 Å². The van der Waals surface area contributed by atoms with E-state index in [0.29, 0.717) is 24.1 Å². The number of carbonyl (C=O) groups excluding carboxylic acids is 5. The maximum atomic E-state index is 12.3. The molecule has 2 aliphatic rings. The number of amides is 4. The number of nitrogens with one attached hydrogen (secondary N) is 1. The van der Waals surface area contributed by atoms with Crippen LogP contribution in [0.2, 0.25) is 0 Å². The first-order valence-corrected chi connectivity index (χ1v) is 9.22. The number of nitrogens with two attached hydrogens (primary N) is 1. The van der Waals surface area contributed by atoms with Crippen LogP contribution < -0.4 is 11.1 Å². The molecule has 0 radical (unpaired) electrons. The van der Waals surface area contributed by atoms with Gasteiger partial charge in [0, 0.05) is 17.8 Å². The van der Waals surface area contributed by atoms with Crippen LogP contribution in [0.1, 0.15) is 29.6 Å². The second-order valence-corrected chi connectivity index (χ2v) is 6.88. The van der Waals surface area contributed by atoms with Crippen LogP contribution in [-0.4, -0.2) is 47.6 Å². The molecule has 3 rings (SSSR count). The Morgan fingerprint density at radius 2 is 1.62 bits per heavy atom. The normalized spacial score (nSPS) is 20.3. The Bertz CT molecular complexity index is 851. The number of hydrogen-bond donors (Lipinski definition) is 2. The highest BCUT2D eigenvalue weighted by atomic mass is 16.5. The van der Waals surface area contributed by atoms with Gasteiger partial charge in [0.05, 0.1) is 18.3 Å². The van der Waals surface area contributed by atoms with E-state index in [2.05, 4.69) is 5.32 Å². The summed E-state index contributed by atoms with van der Waals surface area (Å²) in [5.41, 5.74) is 5.86. The molecule has 4 amide bonds. The van der Waals surface area contributed by atoms with E-state index >= 15 is 0 Å². The minimum absolute atomic E-state index is 0.0559. The predicted octanol–water partition coefficient (Wildman–Crippen LogP) is 0.608. The van der Waals surface area contributed by atoms with Crippen LogP contribution in [0.15, 0.2) is 36.4 Å². The van der Waals surface area contributed by atoms with Crippen molar-refractivity contribution in [2.75, 3.05) is 18.5 Å². The fourth-order valence-electron chi connectivity index (χ4n) is 3.43. The number of imide groups is 1. The second kappa shape index (κ2) is 8.68. The van der Waals surface area contributed by atoms with Crippen molar-refractivity contribution >= 4 is 35.3 Å². The Balaban J connectivity index is 1.42. The molecular formula is C20H21N3O6. The summed E-state index contributed by atoms with van der Waals surface area (Å²) in [6.07, 6.45) is 4.69. The largest absolute Gasteiger partial charge is 0.456 e. The molecule has 1 aliphatic carbocycles. The van der Waals surface area contributed by atoms with Gasteiger partial charge >= 0.3 is 5.97 Å². The molecule has 0 saturated carbocycles. The van der Waals surface area contributed by atoms with Crippen LogP contribution in [0.25, 0.3) is 0 Å². The number of anilines is 1. The van der Waals surface area contributed by atoms with Crippen molar-refractivity contribution < 1.29 is 28.7 Å². The van der Waals surface area contributed by atoms with Gasteiger partial charge in [-0.15, -0.1) is 0 Å². The number of nitrogens with zero attached hydrogens (tertiary/aromatic N) is 1. The van der Waals surface area contributed by atoms with Crippen molar-refractivity contribution in [3.8, 4) is 0 Å². The minimum atomic E-state index is -0.683. The third kappa shape index (κ3) is 4.68. The summed E-state index contributed by atoms with van der Waals surface area (Å²) in [5, 5.41) is 2.51. The van der Waals surface area contributed by atoms with E-state index in [0.717, 1.165) is 4.90 Å². The van der Waals surface area contributed by atoms with Gasteiger partial charge in [-0.05, 0) is 37.1 Å². The highest BCUT2D eigenvalue weighted by Gasteiger charge is 2.46. The number of ether oxygens (including phenoxy) is 1. The zero-order chi connectivity index (χ0) is 21.0. The number of carbonyl (C=O) groups is 5. The van der Waals surface area contributed by atoms with Crippen molar-refractivity contribution in [1.29, 1.82) is 0 Å². The van der Waals surface area contributed by atoms with Crippen molar-refractivity contribution in [3.05, 3.63) is 42.0 Å². The average molecular weight is 399 g/mol. The Labute approximate surface area is 166 Å². The van der Waals surface area contributed by atoms with Crippen LogP contribution >= 0.6 is 0 Å². The van der Waals surface area contributed by atoms with E-state index in [-0.39, 0.29) is 36.6 Å². The fourth-order valence-corrected chi connectivity index (χ4v) is 3.43. The average Bonchev–Trinajstić information content (AvgIpc) is 2.95. The SMILES string of the molecule is NC(=O)c1ccc(NC(=O)COC(=O)CCN2C(=O)[C@@H]3CC=CC[C@H]3C2=O)cc1. The molecule has 0 aromatic heterocycles. The number of hydrogen-bond acceptors (Lipinski definition) is 6. The van der Waals surface area contributed by atoms with E-state index in [9.17, 15) is 24.0 Å². The lowest BCUT2D eigenvalue weighted by Crippen LogP contribution is -2.33. The van der Waals surface area contributed by atoms with Crippen LogP contribution in [0.4, 0.5) is 5.69 Å². The van der Waals surface area contributed by atoms with Gasteiger partial charge in [-0.1, -0.05) is 12.2 Å². The van der Waals surface area contributed by atoms with Crippen LogP contribution in [0, 0.1) is 11.8 Å². The first-order chi connectivity index (χ1) is 13.9. The van der Waals surface area contributed by atoms with E-state index in [1.807, 2.05) is 12.2 Å². The monoisotopic (exact) mass is 399 g/mol. The number of allylic oxidation sites excluding steroid dienone is 2. The van der Waals surface area contributed by atoms with Crippen LogP contribution in [0.5, 0.6) is 0 Å². The van der Waals surface area contributed by atoms with Crippen LogP contribution in [0.3, 0.4) is 0 Å². The van der Waals surface area contributed by atoms with E-state index in [4.69, 9.17) is 10.5 Å². The number of primary amides is 1. The lowest BCUT2D eigenvalue weighted by molar-refractivity contribution is -0.148. The molecule has 152 valence electrons. The first kappa shape index (κ1) is 20.2. The third-order valence-corrected chi connectivity index (χ3v) is 4.96. The Morgan fingerprint density at radius 3 is 2.17 bits per heavy atom. The summed E-state index contributed by atoms with van der Waals surface area (Å²) in [5.74, 6) is -3.01. The quantitative estimate of drug-likeness (QED) is 0.392. The maximum absolute atomic E-state index is 12.3. The number of likely N-dealkylation sites (tertiary alicyclic amines) is 1. The van der Waals surface area contributed by atoms with Gasteiger partial charge in [0.15, 0.2) is 6.61 Å². The number of fused-ring (bicyclic) bond motifs is 1. The second-order valence-electron chi connectivity index (χ2n) is 6.88. The van der Waals surface area contributed by atoms with Gasteiger partial charge in [-0.3, -0.25) is 28.9 Å². The molecule has 1 aliphatic heterocycles. The van der Waals surface area contributed by atoms with Crippen molar-refractivity contribution in [1.82, 2.24) is 4.90 Å². The van der Waals surface area contributed by atoms with Crippen molar-refractivity contribution in [2.24, 2.45) is 17.6 Å². The molecule has 1 saturated heterocycles. The molecule has 0 unspecified atom stereocenters. The molecule has 3 N–H and O–H groups in total. The highest BCUT2D eigenvalue weighted by Crippen LogP contribution is 2.34. The van der Waals surface area contributed by atoms with Gasteiger partial charge in [0.1, 0.15) is 0 Å². The summed E-state index contributed by atoms with van der Waals surface area (Å²) in [6, 6.07) is 5.92. The zero-order valence-corrected chi connectivity index (χ0v) is 15.6. The smallest absolute Gasteiger partial charge is 0.308 e. The summed E-state index contributed by atoms with van der Waals surface area (Å²) in [6.45, 7) is -0.562. The highest BCUT2D eigenvalue weighted by molar-refractivity contribution is 6.05. The number of esters is 1. The molecular weight excluding hydrogens is 378 g/mol. The molecule has 0 spiro atoms. The van der Waals surface area contributed by atoms with Crippen molar-refractivity contribution in [3.63, 3.8) is 0 Å². The summed E-state index contributed by atoms with van der Waals surface area (Å²) < 4.78 is 4.90. The third-order valence-electron chi connectivity index (χ3n) is 4.96. The molecule has 9 nitrogen and oxygen atoms in total. The lowest BCUT2D eigenvalue weighted by Gasteiger charge is -2.14. The maximum Gasteiger partial charge on any atom is 0.308 e. The lowest BCUT2D eigenvalue weighted by atomic mass is 9.85. The summed E-state index contributed by atoms with van der Waals surface area (Å²) in [4.78, 5) is 60.5.